The molecule has 2 aliphatic heterocycles. The summed E-state index contributed by atoms with van der Waals surface area (Å²) in [6, 6.07) is 7.47. The average molecular weight is 333 g/mol. The SMILES string of the molecule is Cc1ccc(C(=O)NC[C@@H]2CN[C@H](C(=O)N3CCSC3)C2)cc1. The Hall–Kier alpha value is -1.53. The maximum Gasteiger partial charge on any atom is 0.251 e. The summed E-state index contributed by atoms with van der Waals surface area (Å²) in [6.45, 7) is 4.25. The van der Waals surface area contributed by atoms with Gasteiger partial charge in [-0.15, -0.1) is 11.8 Å². The van der Waals surface area contributed by atoms with Gasteiger partial charge in [0.15, 0.2) is 0 Å². The summed E-state index contributed by atoms with van der Waals surface area (Å²) in [5.74, 6) is 2.33. The molecule has 0 saturated carbocycles. The van der Waals surface area contributed by atoms with Gasteiger partial charge in [0, 0.05) is 31.0 Å². The Balaban J connectivity index is 1.45. The van der Waals surface area contributed by atoms with E-state index >= 15 is 0 Å². The number of nitrogens with one attached hydrogen (secondary N) is 2. The number of carbonyl (C=O) groups is 2. The predicted octanol–water partition coefficient (Wildman–Crippen LogP) is 1.24. The molecule has 2 fully saturated rings. The quantitative estimate of drug-likeness (QED) is 0.870. The molecule has 2 aliphatic rings. The molecule has 6 heteroatoms. The Labute approximate surface area is 141 Å². The molecule has 23 heavy (non-hydrogen) atoms. The smallest absolute Gasteiger partial charge is 0.251 e. The van der Waals surface area contributed by atoms with Gasteiger partial charge < -0.3 is 15.5 Å². The molecule has 1 aromatic carbocycles. The number of benzene rings is 1. The summed E-state index contributed by atoms with van der Waals surface area (Å²) in [5, 5.41) is 6.28. The van der Waals surface area contributed by atoms with Crippen molar-refractivity contribution in [3.8, 4) is 0 Å². The second-order valence-electron chi connectivity index (χ2n) is 6.28. The Morgan fingerprint density at radius 3 is 2.83 bits per heavy atom. The molecule has 2 amide bonds. The molecule has 0 aromatic heterocycles. The lowest BCUT2D eigenvalue weighted by Gasteiger charge is -2.19. The number of amides is 2. The van der Waals surface area contributed by atoms with E-state index < -0.39 is 0 Å². The molecular weight excluding hydrogens is 310 g/mol. The second-order valence-corrected chi connectivity index (χ2v) is 7.35. The van der Waals surface area contributed by atoms with Gasteiger partial charge in [0.05, 0.1) is 11.9 Å². The van der Waals surface area contributed by atoms with Crippen LogP contribution in [0.2, 0.25) is 0 Å². The average Bonchev–Trinajstić information content (AvgIpc) is 3.24. The van der Waals surface area contributed by atoms with Crippen LogP contribution in [0.4, 0.5) is 0 Å². The van der Waals surface area contributed by atoms with Crippen molar-refractivity contribution in [3.63, 3.8) is 0 Å². The fraction of sp³-hybridized carbons (Fsp3) is 0.529. The summed E-state index contributed by atoms with van der Waals surface area (Å²) < 4.78 is 0. The van der Waals surface area contributed by atoms with Crippen LogP contribution in [0.15, 0.2) is 24.3 Å². The highest BCUT2D eigenvalue weighted by Crippen LogP contribution is 2.20. The largest absolute Gasteiger partial charge is 0.352 e. The number of hydrogen-bond acceptors (Lipinski definition) is 4. The van der Waals surface area contributed by atoms with Crippen LogP contribution in [0.1, 0.15) is 22.3 Å². The minimum absolute atomic E-state index is 0.0456. The molecule has 2 atom stereocenters. The van der Waals surface area contributed by atoms with Gasteiger partial charge in [0.1, 0.15) is 0 Å². The standard InChI is InChI=1S/C17H23N3O2S/c1-12-2-4-14(5-3-12)16(21)19-10-13-8-15(18-9-13)17(22)20-6-7-23-11-20/h2-5,13,15,18H,6-11H2,1H3,(H,19,21)/t13-,15-/m0/s1. The number of rotatable bonds is 4. The molecule has 0 bridgehead atoms. The molecule has 1 aromatic rings. The maximum absolute atomic E-state index is 12.3. The summed E-state index contributed by atoms with van der Waals surface area (Å²) >= 11 is 1.80. The highest BCUT2D eigenvalue weighted by molar-refractivity contribution is 7.99. The van der Waals surface area contributed by atoms with E-state index in [4.69, 9.17) is 0 Å². The van der Waals surface area contributed by atoms with Crippen LogP contribution in [-0.2, 0) is 4.79 Å². The third kappa shape index (κ3) is 4.06. The number of carbonyl (C=O) groups excluding carboxylic acids is 2. The van der Waals surface area contributed by atoms with Crippen molar-refractivity contribution in [1.29, 1.82) is 0 Å². The van der Waals surface area contributed by atoms with E-state index in [9.17, 15) is 9.59 Å². The first-order valence-corrected chi connectivity index (χ1v) is 9.24. The third-order valence-electron chi connectivity index (χ3n) is 4.45. The lowest BCUT2D eigenvalue weighted by Crippen LogP contribution is -2.42. The third-order valence-corrected chi connectivity index (χ3v) is 5.41. The summed E-state index contributed by atoms with van der Waals surface area (Å²) in [7, 11) is 0. The Morgan fingerprint density at radius 1 is 1.35 bits per heavy atom. The Kier molecular flexibility index (Phi) is 5.23. The van der Waals surface area contributed by atoms with Crippen LogP contribution in [0.3, 0.4) is 0 Å². The molecular formula is C17H23N3O2S. The van der Waals surface area contributed by atoms with Crippen molar-refractivity contribution in [2.45, 2.75) is 19.4 Å². The van der Waals surface area contributed by atoms with Crippen LogP contribution < -0.4 is 10.6 Å². The van der Waals surface area contributed by atoms with Crippen molar-refractivity contribution in [2.75, 3.05) is 31.3 Å². The first-order valence-electron chi connectivity index (χ1n) is 8.08. The fourth-order valence-electron chi connectivity index (χ4n) is 3.00. The van der Waals surface area contributed by atoms with Crippen molar-refractivity contribution in [1.82, 2.24) is 15.5 Å². The van der Waals surface area contributed by atoms with Crippen LogP contribution in [0.5, 0.6) is 0 Å². The lowest BCUT2D eigenvalue weighted by atomic mass is 10.0. The lowest BCUT2D eigenvalue weighted by molar-refractivity contribution is -0.131. The van der Waals surface area contributed by atoms with Crippen molar-refractivity contribution >= 4 is 23.6 Å². The van der Waals surface area contributed by atoms with E-state index in [1.54, 1.807) is 11.8 Å². The molecule has 2 saturated heterocycles. The van der Waals surface area contributed by atoms with Crippen molar-refractivity contribution in [3.05, 3.63) is 35.4 Å². The number of aryl methyl sites for hydroxylation is 1. The minimum Gasteiger partial charge on any atom is -0.352 e. The van der Waals surface area contributed by atoms with E-state index in [1.165, 1.54) is 0 Å². The van der Waals surface area contributed by atoms with Crippen LogP contribution >= 0.6 is 11.8 Å². The van der Waals surface area contributed by atoms with Gasteiger partial charge >= 0.3 is 0 Å². The van der Waals surface area contributed by atoms with Gasteiger partial charge in [-0.25, -0.2) is 0 Å². The van der Waals surface area contributed by atoms with Crippen LogP contribution in [0.25, 0.3) is 0 Å². The second kappa shape index (κ2) is 7.36. The normalized spacial score (nSPS) is 24.0. The van der Waals surface area contributed by atoms with E-state index in [0.29, 0.717) is 18.0 Å². The van der Waals surface area contributed by atoms with E-state index in [0.717, 1.165) is 36.7 Å². The highest BCUT2D eigenvalue weighted by Gasteiger charge is 2.33. The Bertz CT molecular complexity index is 570. The van der Waals surface area contributed by atoms with Crippen molar-refractivity contribution in [2.24, 2.45) is 5.92 Å². The molecule has 2 N–H and O–H groups in total. The Morgan fingerprint density at radius 2 is 2.13 bits per heavy atom. The van der Waals surface area contributed by atoms with Gasteiger partial charge in [0.25, 0.3) is 5.91 Å². The molecule has 0 unspecified atom stereocenters. The highest BCUT2D eigenvalue weighted by atomic mass is 32.2. The molecule has 0 spiro atoms. The molecule has 5 nitrogen and oxygen atoms in total. The zero-order chi connectivity index (χ0) is 16.2. The topological polar surface area (TPSA) is 61.4 Å². The van der Waals surface area contributed by atoms with Gasteiger partial charge in [-0.2, -0.15) is 0 Å². The summed E-state index contributed by atoms with van der Waals surface area (Å²) in [5.41, 5.74) is 1.83. The zero-order valence-corrected chi connectivity index (χ0v) is 14.2. The monoisotopic (exact) mass is 333 g/mol. The fourth-order valence-corrected chi connectivity index (χ4v) is 3.96. The van der Waals surface area contributed by atoms with E-state index in [2.05, 4.69) is 10.6 Å². The predicted molar refractivity (Wildman–Crippen MR) is 92.4 cm³/mol. The van der Waals surface area contributed by atoms with Gasteiger partial charge in [-0.1, -0.05) is 17.7 Å². The first kappa shape index (κ1) is 16.3. The molecule has 124 valence electrons. The number of hydrogen-bond donors (Lipinski definition) is 2. The molecule has 0 aliphatic carbocycles. The number of nitrogens with zero attached hydrogens (tertiary/aromatic N) is 1. The first-order chi connectivity index (χ1) is 11.1. The summed E-state index contributed by atoms with van der Waals surface area (Å²) in [4.78, 5) is 26.4. The van der Waals surface area contributed by atoms with Crippen LogP contribution in [0, 0.1) is 12.8 Å². The zero-order valence-electron chi connectivity index (χ0n) is 13.4. The van der Waals surface area contributed by atoms with Gasteiger partial charge in [0.2, 0.25) is 5.91 Å². The van der Waals surface area contributed by atoms with Gasteiger partial charge in [-0.3, -0.25) is 9.59 Å². The van der Waals surface area contributed by atoms with E-state index in [-0.39, 0.29) is 17.9 Å². The summed E-state index contributed by atoms with van der Waals surface area (Å²) in [6.07, 6.45) is 0.800. The van der Waals surface area contributed by atoms with Crippen LogP contribution in [-0.4, -0.2) is 54.0 Å². The molecule has 3 rings (SSSR count). The van der Waals surface area contributed by atoms with E-state index in [1.807, 2.05) is 36.1 Å². The molecule has 0 radical (unpaired) electrons. The van der Waals surface area contributed by atoms with Gasteiger partial charge in [-0.05, 0) is 31.4 Å². The maximum atomic E-state index is 12.3. The molecule has 2 heterocycles. The minimum atomic E-state index is -0.0880. The number of thioether (sulfide) groups is 1. The van der Waals surface area contributed by atoms with Crippen molar-refractivity contribution < 1.29 is 9.59 Å².